The van der Waals surface area contributed by atoms with E-state index in [1.807, 2.05) is 0 Å². The first kappa shape index (κ1) is 10.3. The van der Waals surface area contributed by atoms with Crippen LogP contribution in [0.5, 0.6) is 0 Å². The van der Waals surface area contributed by atoms with Gasteiger partial charge in [-0.15, -0.1) is 0 Å². The Morgan fingerprint density at radius 1 is 1.57 bits per heavy atom. The molecular formula is C8H8F2N4. The van der Waals surface area contributed by atoms with Gasteiger partial charge in [-0.2, -0.15) is 5.26 Å². The van der Waals surface area contributed by atoms with Gasteiger partial charge in [-0.1, -0.05) is 0 Å². The van der Waals surface area contributed by atoms with Gasteiger partial charge in [-0.3, -0.25) is 0 Å². The number of nitriles is 1. The van der Waals surface area contributed by atoms with E-state index in [9.17, 15) is 8.78 Å². The summed E-state index contributed by atoms with van der Waals surface area (Å²) in [6.45, 7) is -0.167. The second-order valence-electron chi connectivity index (χ2n) is 2.57. The van der Waals surface area contributed by atoms with E-state index in [0.717, 1.165) is 6.07 Å². The summed E-state index contributed by atoms with van der Waals surface area (Å²) in [5.74, 6) is 0. The van der Waals surface area contributed by atoms with E-state index in [1.165, 1.54) is 0 Å². The van der Waals surface area contributed by atoms with Gasteiger partial charge in [-0.25, -0.2) is 13.8 Å². The Bertz CT molecular complexity index is 384. The number of alkyl halides is 2. The Labute approximate surface area is 79.1 Å². The zero-order valence-corrected chi connectivity index (χ0v) is 7.17. The molecule has 74 valence electrons. The van der Waals surface area contributed by atoms with Gasteiger partial charge < -0.3 is 11.5 Å². The summed E-state index contributed by atoms with van der Waals surface area (Å²) < 4.78 is 24.9. The number of aromatic nitrogens is 1. The Hall–Kier alpha value is -1.74. The number of nitrogen functional groups attached to an aromatic ring is 1. The number of hydrogen-bond donors (Lipinski definition) is 2. The molecule has 1 rings (SSSR count). The molecule has 0 aromatic carbocycles. The highest BCUT2D eigenvalue weighted by Crippen LogP contribution is 2.27. The lowest BCUT2D eigenvalue weighted by Crippen LogP contribution is -2.09. The molecule has 0 fully saturated rings. The molecule has 0 aliphatic carbocycles. The summed E-state index contributed by atoms with van der Waals surface area (Å²) in [5, 5.41) is 8.52. The van der Waals surface area contributed by atoms with Crippen molar-refractivity contribution in [2.24, 2.45) is 5.73 Å². The fourth-order valence-electron chi connectivity index (χ4n) is 1.09. The highest BCUT2D eigenvalue weighted by atomic mass is 19.3. The molecule has 6 heteroatoms. The smallest absolute Gasteiger partial charge is 0.267 e. The van der Waals surface area contributed by atoms with Crippen LogP contribution in [0.1, 0.15) is 23.4 Å². The van der Waals surface area contributed by atoms with Crippen molar-refractivity contribution in [2.45, 2.75) is 13.0 Å². The van der Waals surface area contributed by atoms with E-state index in [-0.39, 0.29) is 29.2 Å². The Morgan fingerprint density at radius 3 is 2.64 bits per heavy atom. The van der Waals surface area contributed by atoms with Crippen LogP contribution in [-0.2, 0) is 6.54 Å². The largest absolute Gasteiger partial charge is 0.398 e. The van der Waals surface area contributed by atoms with Gasteiger partial charge >= 0.3 is 0 Å². The van der Waals surface area contributed by atoms with Crippen molar-refractivity contribution in [2.75, 3.05) is 5.73 Å². The molecule has 0 bridgehead atoms. The zero-order chi connectivity index (χ0) is 10.7. The number of anilines is 1. The van der Waals surface area contributed by atoms with Crippen molar-refractivity contribution >= 4 is 5.69 Å². The fraction of sp³-hybridized carbons (Fsp3) is 0.250. The van der Waals surface area contributed by atoms with Crippen molar-refractivity contribution in [1.82, 2.24) is 4.98 Å². The maximum atomic E-state index is 12.5. The molecule has 4 nitrogen and oxygen atoms in total. The third-order valence-corrected chi connectivity index (χ3v) is 1.70. The van der Waals surface area contributed by atoms with E-state index in [0.29, 0.717) is 0 Å². The van der Waals surface area contributed by atoms with Crippen LogP contribution >= 0.6 is 0 Å². The Balaban J connectivity index is 3.36. The van der Waals surface area contributed by atoms with Gasteiger partial charge in [0.2, 0.25) is 0 Å². The van der Waals surface area contributed by atoms with E-state index in [4.69, 9.17) is 16.7 Å². The van der Waals surface area contributed by atoms with Gasteiger partial charge in [0.25, 0.3) is 6.43 Å². The maximum Gasteiger partial charge on any atom is 0.267 e. The minimum atomic E-state index is -2.73. The van der Waals surface area contributed by atoms with E-state index >= 15 is 0 Å². The maximum absolute atomic E-state index is 12.5. The van der Waals surface area contributed by atoms with Crippen molar-refractivity contribution < 1.29 is 8.78 Å². The van der Waals surface area contributed by atoms with Crippen LogP contribution < -0.4 is 11.5 Å². The summed E-state index contributed by atoms with van der Waals surface area (Å²) >= 11 is 0. The molecule has 0 atom stereocenters. The van der Waals surface area contributed by atoms with Crippen LogP contribution in [0.15, 0.2) is 6.07 Å². The molecule has 1 aromatic heterocycles. The first-order valence-corrected chi connectivity index (χ1v) is 3.77. The molecule has 0 spiro atoms. The standard InChI is InChI=1S/C8H8F2N4/c9-8(10)7-5(13)1-4(2-11)14-6(7)3-12/h1,8H,3,12H2,(H2,13,14). The molecule has 0 saturated heterocycles. The van der Waals surface area contributed by atoms with Crippen molar-refractivity contribution in [3.63, 3.8) is 0 Å². The van der Waals surface area contributed by atoms with Gasteiger partial charge in [0.05, 0.1) is 11.3 Å². The monoisotopic (exact) mass is 198 g/mol. The predicted molar refractivity (Wildman–Crippen MR) is 46.2 cm³/mol. The number of nitrogens with zero attached hydrogens (tertiary/aromatic N) is 2. The van der Waals surface area contributed by atoms with Crippen LogP contribution in [0.2, 0.25) is 0 Å². The average molecular weight is 198 g/mol. The molecule has 1 aromatic rings. The van der Waals surface area contributed by atoms with Crippen LogP contribution in [0.4, 0.5) is 14.5 Å². The topological polar surface area (TPSA) is 88.7 Å². The lowest BCUT2D eigenvalue weighted by molar-refractivity contribution is 0.150. The molecule has 4 N–H and O–H groups in total. The number of pyridine rings is 1. The molecule has 1 heterocycles. The first-order chi connectivity index (χ1) is 6.60. The average Bonchev–Trinajstić information content (AvgIpc) is 2.15. The summed E-state index contributed by atoms with van der Waals surface area (Å²) in [6.07, 6.45) is -2.73. The summed E-state index contributed by atoms with van der Waals surface area (Å²) in [6, 6.07) is 2.83. The zero-order valence-electron chi connectivity index (χ0n) is 7.17. The van der Waals surface area contributed by atoms with Gasteiger partial charge in [0, 0.05) is 12.2 Å². The number of nitrogens with two attached hydrogens (primary N) is 2. The molecule has 0 amide bonds. The Morgan fingerprint density at radius 2 is 2.21 bits per heavy atom. The molecule has 0 radical (unpaired) electrons. The molecule has 0 saturated carbocycles. The minimum Gasteiger partial charge on any atom is -0.398 e. The quantitative estimate of drug-likeness (QED) is 0.739. The number of hydrogen-bond acceptors (Lipinski definition) is 4. The molecule has 0 unspecified atom stereocenters. The van der Waals surface area contributed by atoms with E-state index in [1.54, 1.807) is 6.07 Å². The van der Waals surface area contributed by atoms with Gasteiger partial charge in [0.1, 0.15) is 11.8 Å². The summed E-state index contributed by atoms with van der Waals surface area (Å²) in [5.41, 5.74) is 10.0. The third-order valence-electron chi connectivity index (χ3n) is 1.70. The molecule has 14 heavy (non-hydrogen) atoms. The van der Waals surface area contributed by atoms with Crippen LogP contribution in [0.25, 0.3) is 0 Å². The highest BCUT2D eigenvalue weighted by Gasteiger charge is 2.18. The highest BCUT2D eigenvalue weighted by molar-refractivity contribution is 5.52. The van der Waals surface area contributed by atoms with E-state index < -0.39 is 6.43 Å². The second-order valence-corrected chi connectivity index (χ2v) is 2.57. The molecule has 0 aliphatic rings. The Kier molecular flexibility index (Phi) is 2.94. The van der Waals surface area contributed by atoms with Crippen molar-refractivity contribution in [1.29, 1.82) is 5.26 Å². The van der Waals surface area contributed by atoms with Crippen LogP contribution in [0, 0.1) is 11.3 Å². The third kappa shape index (κ3) is 1.78. The molecule has 0 aliphatic heterocycles. The van der Waals surface area contributed by atoms with E-state index in [2.05, 4.69) is 4.98 Å². The number of halogens is 2. The summed E-state index contributed by atoms with van der Waals surface area (Å²) in [4.78, 5) is 3.65. The normalized spacial score (nSPS) is 10.2. The SMILES string of the molecule is N#Cc1cc(N)c(C(F)F)c(CN)n1. The van der Waals surface area contributed by atoms with Gasteiger partial charge in [-0.05, 0) is 6.07 Å². The van der Waals surface area contributed by atoms with Crippen molar-refractivity contribution in [3.8, 4) is 6.07 Å². The lowest BCUT2D eigenvalue weighted by Gasteiger charge is -2.09. The molecular weight excluding hydrogens is 190 g/mol. The predicted octanol–water partition coefficient (Wildman–Crippen LogP) is 0.932. The van der Waals surface area contributed by atoms with Gasteiger partial charge in [0.15, 0.2) is 0 Å². The number of rotatable bonds is 2. The first-order valence-electron chi connectivity index (χ1n) is 3.77. The fourth-order valence-corrected chi connectivity index (χ4v) is 1.09. The van der Waals surface area contributed by atoms with Crippen molar-refractivity contribution in [3.05, 3.63) is 23.0 Å². The van der Waals surface area contributed by atoms with Crippen LogP contribution in [0.3, 0.4) is 0 Å². The van der Waals surface area contributed by atoms with Crippen LogP contribution in [-0.4, -0.2) is 4.98 Å². The minimum absolute atomic E-state index is 0.00708. The lowest BCUT2D eigenvalue weighted by atomic mass is 10.1. The summed E-state index contributed by atoms with van der Waals surface area (Å²) in [7, 11) is 0. The second kappa shape index (κ2) is 3.98.